The van der Waals surface area contributed by atoms with Gasteiger partial charge in [0.25, 0.3) is 0 Å². The van der Waals surface area contributed by atoms with E-state index in [1.807, 2.05) is 14.1 Å². The molecule has 0 aromatic carbocycles. The summed E-state index contributed by atoms with van der Waals surface area (Å²) >= 11 is 0. The van der Waals surface area contributed by atoms with Gasteiger partial charge in [0.15, 0.2) is 0 Å². The molecule has 1 rings (SSSR count). The highest BCUT2D eigenvalue weighted by molar-refractivity contribution is 5.55. The van der Waals surface area contributed by atoms with E-state index in [2.05, 4.69) is 29.2 Å². The number of hydrogen-bond acceptors (Lipinski definition) is 5. The molecule has 0 bridgehead atoms. The molecule has 1 atom stereocenters. The third-order valence-electron chi connectivity index (χ3n) is 2.69. The number of hydrogen-bond donors (Lipinski definition) is 1. The molecule has 0 fully saturated rings. The van der Waals surface area contributed by atoms with Crippen molar-refractivity contribution in [3.8, 4) is 0 Å². The van der Waals surface area contributed by atoms with Crippen LogP contribution in [0.25, 0.3) is 0 Å². The van der Waals surface area contributed by atoms with Crippen molar-refractivity contribution in [2.75, 3.05) is 26.0 Å². The lowest BCUT2D eigenvalue weighted by molar-refractivity contribution is -0.384. The summed E-state index contributed by atoms with van der Waals surface area (Å²) in [5.41, 5.74) is 0.0232. The Balaban J connectivity index is 2.85. The van der Waals surface area contributed by atoms with Crippen LogP contribution < -0.4 is 5.32 Å². The number of aromatic nitrogens is 2. The van der Waals surface area contributed by atoms with E-state index in [9.17, 15) is 10.1 Å². The third kappa shape index (κ3) is 4.86. The Labute approximate surface area is 113 Å². The Bertz CT molecular complexity index is 418. The highest BCUT2D eigenvalue weighted by Crippen LogP contribution is 2.23. The van der Waals surface area contributed by atoms with Crippen molar-refractivity contribution in [3.05, 3.63) is 16.3 Å². The SMILES string of the molecule is CC(C)CC(CN(C)C)Nc1nn(C)cc1[N+](=O)[O-]. The van der Waals surface area contributed by atoms with E-state index in [0.29, 0.717) is 11.7 Å². The summed E-state index contributed by atoms with van der Waals surface area (Å²) in [5, 5.41) is 18.3. The summed E-state index contributed by atoms with van der Waals surface area (Å²) in [5.74, 6) is 0.861. The van der Waals surface area contributed by atoms with Gasteiger partial charge in [-0.05, 0) is 26.4 Å². The first-order valence-corrected chi connectivity index (χ1v) is 6.39. The van der Waals surface area contributed by atoms with E-state index in [1.54, 1.807) is 7.05 Å². The van der Waals surface area contributed by atoms with Crippen molar-refractivity contribution in [2.24, 2.45) is 13.0 Å². The number of rotatable bonds is 7. The van der Waals surface area contributed by atoms with E-state index in [0.717, 1.165) is 13.0 Å². The summed E-state index contributed by atoms with van der Waals surface area (Å²) in [6.45, 7) is 5.08. The first kappa shape index (κ1) is 15.4. The highest BCUT2D eigenvalue weighted by atomic mass is 16.6. The molecule has 19 heavy (non-hydrogen) atoms. The zero-order chi connectivity index (χ0) is 14.6. The van der Waals surface area contributed by atoms with Crippen molar-refractivity contribution in [1.29, 1.82) is 0 Å². The quantitative estimate of drug-likeness (QED) is 0.602. The minimum atomic E-state index is -0.405. The van der Waals surface area contributed by atoms with Gasteiger partial charge in [0.2, 0.25) is 5.82 Å². The molecule has 0 radical (unpaired) electrons. The summed E-state index contributed by atoms with van der Waals surface area (Å²) in [6, 6.07) is 0.142. The zero-order valence-corrected chi connectivity index (χ0v) is 12.3. The number of likely N-dealkylation sites (N-methyl/N-ethyl adjacent to an activating group) is 1. The van der Waals surface area contributed by atoms with Crippen LogP contribution in [0, 0.1) is 16.0 Å². The average molecular weight is 269 g/mol. The second-order valence-electron chi connectivity index (χ2n) is 5.53. The molecule has 0 aliphatic rings. The molecule has 7 nitrogen and oxygen atoms in total. The number of anilines is 1. The normalized spacial score (nSPS) is 13.0. The van der Waals surface area contributed by atoms with Crippen LogP contribution in [-0.4, -0.2) is 46.3 Å². The summed E-state index contributed by atoms with van der Waals surface area (Å²) < 4.78 is 1.46. The van der Waals surface area contributed by atoms with Gasteiger partial charge in [-0.3, -0.25) is 14.8 Å². The zero-order valence-electron chi connectivity index (χ0n) is 12.3. The molecule has 108 valence electrons. The Morgan fingerprint density at radius 3 is 2.63 bits per heavy atom. The molecule has 0 spiro atoms. The number of nitro groups is 1. The molecule has 0 saturated carbocycles. The van der Waals surface area contributed by atoms with Crippen LogP contribution in [0.4, 0.5) is 11.5 Å². The minimum Gasteiger partial charge on any atom is -0.359 e. The third-order valence-corrected chi connectivity index (χ3v) is 2.69. The fourth-order valence-electron chi connectivity index (χ4n) is 2.09. The van der Waals surface area contributed by atoms with Gasteiger partial charge in [0.05, 0.1) is 4.92 Å². The molecule has 1 aromatic rings. The lowest BCUT2D eigenvalue weighted by atomic mass is 10.0. The molecule has 1 heterocycles. The summed E-state index contributed by atoms with van der Waals surface area (Å²) in [4.78, 5) is 12.6. The molecule has 1 unspecified atom stereocenters. The van der Waals surface area contributed by atoms with Gasteiger partial charge in [0.1, 0.15) is 6.20 Å². The Kier molecular flexibility index (Phi) is 5.29. The molecule has 0 aliphatic heterocycles. The first-order chi connectivity index (χ1) is 8.79. The predicted molar refractivity (Wildman–Crippen MR) is 75.3 cm³/mol. The van der Waals surface area contributed by atoms with Crippen LogP contribution in [0.3, 0.4) is 0 Å². The van der Waals surface area contributed by atoms with E-state index in [1.165, 1.54) is 10.9 Å². The van der Waals surface area contributed by atoms with Crippen LogP contribution in [0.2, 0.25) is 0 Å². The van der Waals surface area contributed by atoms with Crippen LogP contribution in [0.5, 0.6) is 0 Å². The van der Waals surface area contributed by atoms with Crippen molar-refractivity contribution in [1.82, 2.24) is 14.7 Å². The largest absolute Gasteiger partial charge is 0.359 e. The minimum absolute atomic E-state index is 0.0232. The molecular weight excluding hydrogens is 246 g/mol. The second-order valence-corrected chi connectivity index (χ2v) is 5.53. The van der Waals surface area contributed by atoms with E-state index in [4.69, 9.17) is 0 Å². The van der Waals surface area contributed by atoms with Gasteiger partial charge >= 0.3 is 5.69 Å². The van der Waals surface area contributed by atoms with Gasteiger partial charge in [-0.2, -0.15) is 0 Å². The highest BCUT2D eigenvalue weighted by Gasteiger charge is 2.22. The molecule has 0 aliphatic carbocycles. The summed E-state index contributed by atoms with van der Waals surface area (Å²) in [7, 11) is 5.66. The monoisotopic (exact) mass is 269 g/mol. The first-order valence-electron chi connectivity index (χ1n) is 6.39. The Morgan fingerprint density at radius 2 is 2.16 bits per heavy atom. The predicted octanol–water partition coefficient (Wildman–Crippen LogP) is 1.72. The van der Waals surface area contributed by atoms with Crippen LogP contribution in [-0.2, 0) is 7.05 Å². The molecular formula is C12H23N5O2. The van der Waals surface area contributed by atoms with Gasteiger partial charge in [0, 0.05) is 19.6 Å². The fraction of sp³-hybridized carbons (Fsp3) is 0.750. The summed E-state index contributed by atoms with van der Waals surface area (Å²) in [6.07, 6.45) is 2.36. The maximum absolute atomic E-state index is 11.0. The maximum Gasteiger partial charge on any atom is 0.330 e. The van der Waals surface area contributed by atoms with E-state index in [-0.39, 0.29) is 11.7 Å². The fourth-order valence-corrected chi connectivity index (χ4v) is 2.09. The topological polar surface area (TPSA) is 76.2 Å². The van der Waals surface area contributed by atoms with Crippen LogP contribution in [0.15, 0.2) is 6.20 Å². The van der Waals surface area contributed by atoms with Crippen molar-refractivity contribution < 1.29 is 4.92 Å². The average Bonchev–Trinajstić information content (AvgIpc) is 2.57. The van der Waals surface area contributed by atoms with Crippen LogP contribution in [0.1, 0.15) is 20.3 Å². The molecule has 0 saturated heterocycles. The van der Waals surface area contributed by atoms with Gasteiger partial charge < -0.3 is 10.2 Å². The second kappa shape index (κ2) is 6.51. The number of nitrogens with zero attached hydrogens (tertiary/aromatic N) is 4. The van der Waals surface area contributed by atoms with Crippen molar-refractivity contribution in [2.45, 2.75) is 26.3 Å². The lowest BCUT2D eigenvalue weighted by Gasteiger charge is -2.23. The maximum atomic E-state index is 11.0. The van der Waals surface area contributed by atoms with E-state index >= 15 is 0 Å². The van der Waals surface area contributed by atoms with E-state index < -0.39 is 4.92 Å². The van der Waals surface area contributed by atoms with Gasteiger partial charge in [-0.1, -0.05) is 13.8 Å². The molecule has 1 aromatic heterocycles. The molecule has 0 amide bonds. The van der Waals surface area contributed by atoms with Gasteiger partial charge in [-0.25, -0.2) is 0 Å². The lowest BCUT2D eigenvalue weighted by Crippen LogP contribution is -2.33. The number of aryl methyl sites for hydroxylation is 1. The standard InChI is InChI=1S/C12H23N5O2/c1-9(2)6-10(7-15(3)4)13-12-11(17(18)19)8-16(5)14-12/h8-10H,6-7H2,1-5H3,(H,13,14). The van der Waals surface area contributed by atoms with Gasteiger partial charge in [-0.15, -0.1) is 5.10 Å². The molecule has 1 N–H and O–H groups in total. The smallest absolute Gasteiger partial charge is 0.330 e. The van der Waals surface area contributed by atoms with Crippen molar-refractivity contribution >= 4 is 11.5 Å². The Hall–Kier alpha value is -1.63. The Morgan fingerprint density at radius 1 is 1.53 bits per heavy atom. The molecule has 7 heteroatoms. The van der Waals surface area contributed by atoms with Crippen LogP contribution >= 0.6 is 0 Å². The number of nitrogens with one attached hydrogen (secondary N) is 1. The van der Waals surface area contributed by atoms with Crippen molar-refractivity contribution in [3.63, 3.8) is 0 Å².